The monoisotopic (exact) mass is 479 g/mol. The minimum absolute atomic E-state index is 0. The number of guanidine groups is 1. The summed E-state index contributed by atoms with van der Waals surface area (Å²) in [5.74, 6) is 1.48. The highest BCUT2D eigenvalue weighted by atomic mass is 127. The van der Waals surface area contributed by atoms with Crippen LogP contribution in [0.15, 0.2) is 11.2 Å². The van der Waals surface area contributed by atoms with Crippen molar-refractivity contribution in [3.8, 4) is 0 Å². The van der Waals surface area contributed by atoms with Gasteiger partial charge in [-0.05, 0) is 25.7 Å². The normalized spacial score (nSPS) is 15.4. The lowest BCUT2D eigenvalue weighted by molar-refractivity contribution is -0.122. The van der Waals surface area contributed by atoms with Crippen molar-refractivity contribution in [3.63, 3.8) is 0 Å². The number of aliphatic imine (C=N–C) groups is 1. The minimum atomic E-state index is 0. The van der Waals surface area contributed by atoms with Gasteiger partial charge in [0.15, 0.2) is 5.96 Å². The molecule has 8 heteroatoms. The number of amides is 1. The van der Waals surface area contributed by atoms with Gasteiger partial charge in [-0.15, -0.1) is 35.3 Å². The van der Waals surface area contributed by atoms with Crippen LogP contribution in [0.2, 0.25) is 0 Å². The molecule has 3 N–H and O–H groups in total. The molecule has 1 saturated carbocycles. The Morgan fingerprint density at radius 2 is 1.96 bits per heavy atom. The van der Waals surface area contributed by atoms with E-state index in [1.165, 1.54) is 37.0 Å². The molecule has 1 aromatic rings. The van der Waals surface area contributed by atoms with Gasteiger partial charge in [0.2, 0.25) is 5.91 Å². The molecule has 0 aliphatic heterocycles. The molecule has 1 aliphatic carbocycles. The van der Waals surface area contributed by atoms with E-state index < -0.39 is 0 Å². The molecule has 0 unspecified atom stereocenters. The highest BCUT2D eigenvalue weighted by molar-refractivity contribution is 14.0. The lowest BCUT2D eigenvalue weighted by atomic mass is 9.87. The van der Waals surface area contributed by atoms with Gasteiger partial charge in [-0.25, -0.2) is 4.98 Å². The van der Waals surface area contributed by atoms with Crippen molar-refractivity contribution >= 4 is 47.2 Å². The van der Waals surface area contributed by atoms with E-state index in [0.29, 0.717) is 32.0 Å². The lowest BCUT2D eigenvalue weighted by Gasteiger charge is -2.20. The summed E-state index contributed by atoms with van der Waals surface area (Å²) in [5, 5.41) is 10.5. The SMILES string of the molecule is CN=C(NCCNC(=O)CC1CCCCC1)NCc1ncc(C)s1.I. The van der Waals surface area contributed by atoms with Crippen LogP contribution >= 0.6 is 35.3 Å². The Labute approximate surface area is 171 Å². The van der Waals surface area contributed by atoms with Gasteiger partial charge in [0, 0.05) is 37.6 Å². The third kappa shape index (κ3) is 8.84. The van der Waals surface area contributed by atoms with Gasteiger partial charge in [-0.1, -0.05) is 19.3 Å². The predicted molar refractivity (Wildman–Crippen MR) is 115 cm³/mol. The van der Waals surface area contributed by atoms with E-state index in [1.807, 2.05) is 13.1 Å². The Morgan fingerprint density at radius 3 is 2.60 bits per heavy atom. The van der Waals surface area contributed by atoms with E-state index >= 15 is 0 Å². The maximum atomic E-state index is 11.9. The Kier molecular flexibility index (Phi) is 11.0. The van der Waals surface area contributed by atoms with Crippen molar-refractivity contribution in [2.45, 2.75) is 52.0 Å². The summed E-state index contributed by atoms with van der Waals surface area (Å²) < 4.78 is 0. The summed E-state index contributed by atoms with van der Waals surface area (Å²) in [7, 11) is 1.74. The third-order valence-electron chi connectivity index (χ3n) is 4.24. The van der Waals surface area contributed by atoms with E-state index in [2.05, 4.69) is 25.9 Å². The quantitative estimate of drug-likeness (QED) is 0.243. The Morgan fingerprint density at radius 1 is 1.24 bits per heavy atom. The Balaban J connectivity index is 0.00000312. The fourth-order valence-corrected chi connectivity index (χ4v) is 3.70. The first-order valence-corrected chi connectivity index (χ1v) is 9.61. The minimum Gasteiger partial charge on any atom is -0.355 e. The van der Waals surface area contributed by atoms with Crippen LogP contribution in [0, 0.1) is 12.8 Å². The number of hydrogen-bond acceptors (Lipinski definition) is 4. The number of thiazole rings is 1. The first-order chi connectivity index (χ1) is 11.7. The number of aryl methyl sites for hydroxylation is 1. The van der Waals surface area contributed by atoms with E-state index in [1.54, 1.807) is 18.4 Å². The maximum Gasteiger partial charge on any atom is 0.220 e. The molecule has 0 radical (unpaired) electrons. The van der Waals surface area contributed by atoms with Crippen LogP contribution in [0.1, 0.15) is 48.4 Å². The summed E-state index contributed by atoms with van der Waals surface area (Å²) in [5.41, 5.74) is 0. The maximum absolute atomic E-state index is 11.9. The standard InChI is InChI=1S/C17H29N5OS.HI/c1-13-11-21-16(24-13)12-22-17(18-2)20-9-8-19-15(23)10-14-6-4-3-5-7-14;/h11,14H,3-10,12H2,1-2H3,(H,19,23)(H2,18,20,22);1H. The fraction of sp³-hybridized carbons (Fsp3) is 0.706. The molecule has 1 amide bonds. The molecular weight excluding hydrogens is 449 g/mol. The van der Waals surface area contributed by atoms with Crippen LogP contribution in [0.4, 0.5) is 0 Å². The third-order valence-corrected chi connectivity index (χ3v) is 5.15. The number of carbonyl (C=O) groups is 1. The second kappa shape index (κ2) is 12.5. The summed E-state index contributed by atoms with van der Waals surface area (Å²) in [6.45, 7) is 3.98. The molecule has 0 bridgehead atoms. The average molecular weight is 479 g/mol. The van der Waals surface area contributed by atoms with Crippen LogP contribution in [-0.2, 0) is 11.3 Å². The van der Waals surface area contributed by atoms with Gasteiger partial charge in [-0.3, -0.25) is 9.79 Å². The van der Waals surface area contributed by atoms with Crippen LogP contribution in [0.5, 0.6) is 0 Å². The predicted octanol–water partition coefficient (Wildman–Crippen LogP) is 2.82. The highest BCUT2D eigenvalue weighted by Crippen LogP contribution is 2.25. The van der Waals surface area contributed by atoms with Gasteiger partial charge >= 0.3 is 0 Å². The second-order valence-corrected chi connectivity index (χ2v) is 7.59. The molecule has 0 atom stereocenters. The van der Waals surface area contributed by atoms with Crippen molar-refractivity contribution in [2.75, 3.05) is 20.1 Å². The molecule has 0 aromatic carbocycles. The fourth-order valence-electron chi connectivity index (χ4n) is 2.97. The molecule has 142 valence electrons. The van der Waals surface area contributed by atoms with Crippen molar-refractivity contribution in [1.82, 2.24) is 20.9 Å². The topological polar surface area (TPSA) is 78.4 Å². The number of aromatic nitrogens is 1. The van der Waals surface area contributed by atoms with E-state index in [0.717, 1.165) is 11.0 Å². The van der Waals surface area contributed by atoms with Crippen LogP contribution in [0.3, 0.4) is 0 Å². The van der Waals surface area contributed by atoms with Crippen LogP contribution < -0.4 is 16.0 Å². The molecule has 1 aliphatic rings. The number of nitrogens with zero attached hydrogens (tertiary/aromatic N) is 2. The number of carbonyl (C=O) groups excluding carboxylic acids is 1. The summed E-state index contributed by atoms with van der Waals surface area (Å²) >= 11 is 1.68. The van der Waals surface area contributed by atoms with Crippen LogP contribution in [-0.4, -0.2) is 37.0 Å². The van der Waals surface area contributed by atoms with E-state index in [-0.39, 0.29) is 29.9 Å². The summed E-state index contributed by atoms with van der Waals surface area (Å²) in [6.07, 6.45) is 8.85. The molecule has 0 saturated heterocycles. The van der Waals surface area contributed by atoms with Crippen molar-refractivity contribution in [1.29, 1.82) is 0 Å². The molecule has 1 heterocycles. The number of rotatable bonds is 7. The molecule has 1 aromatic heterocycles. The highest BCUT2D eigenvalue weighted by Gasteiger charge is 2.16. The zero-order chi connectivity index (χ0) is 17.2. The van der Waals surface area contributed by atoms with E-state index in [4.69, 9.17) is 0 Å². The Hall–Kier alpha value is -0.900. The average Bonchev–Trinajstić information content (AvgIpc) is 3.00. The van der Waals surface area contributed by atoms with Crippen LogP contribution in [0.25, 0.3) is 0 Å². The second-order valence-electron chi connectivity index (χ2n) is 6.28. The van der Waals surface area contributed by atoms with Gasteiger partial charge in [0.1, 0.15) is 5.01 Å². The Bertz CT molecular complexity index is 543. The lowest BCUT2D eigenvalue weighted by Crippen LogP contribution is -2.41. The van der Waals surface area contributed by atoms with E-state index in [9.17, 15) is 4.79 Å². The number of halogens is 1. The summed E-state index contributed by atoms with van der Waals surface area (Å²) in [6, 6.07) is 0. The molecule has 2 rings (SSSR count). The van der Waals surface area contributed by atoms with Crippen molar-refractivity contribution < 1.29 is 4.79 Å². The van der Waals surface area contributed by atoms with Gasteiger partial charge in [0.05, 0.1) is 6.54 Å². The first-order valence-electron chi connectivity index (χ1n) is 8.80. The summed E-state index contributed by atoms with van der Waals surface area (Å²) in [4.78, 5) is 21.6. The zero-order valence-corrected chi connectivity index (χ0v) is 18.3. The molecular formula is C17H30IN5OS. The smallest absolute Gasteiger partial charge is 0.220 e. The number of hydrogen-bond donors (Lipinski definition) is 3. The zero-order valence-electron chi connectivity index (χ0n) is 15.1. The molecule has 6 nitrogen and oxygen atoms in total. The molecule has 0 spiro atoms. The van der Waals surface area contributed by atoms with Gasteiger partial charge in [-0.2, -0.15) is 0 Å². The molecule has 25 heavy (non-hydrogen) atoms. The van der Waals surface area contributed by atoms with Crippen molar-refractivity contribution in [3.05, 3.63) is 16.1 Å². The van der Waals surface area contributed by atoms with Gasteiger partial charge < -0.3 is 16.0 Å². The van der Waals surface area contributed by atoms with Gasteiger partial charge in [0.25, 0.3) is 0 Å². The first kappa shape index (κ1) is 22.1. The molecule has 1 fully saturated rings. The largest absolute Gasteiger partial charge is 0.355 e. The van der Waals surface area contributed by atoms with Crippen molar-refractivity contribution in [2.24, 2.45) is 10.9 Å². The number of nitrogens with one attached hydrogen (secondary N) is 3.